The smallest absolute Gasteiger partial charge is 0.364 e. The minimum Gasteiger partial charge on any atom is -0.438 e. The highest BCUT2D eigenvalue weighted by Crippen LogP contribution is 2.36. The molecular formula is C17H20Cl2N6O2. The summed E-state index contributed by atoms with van der Waals surface area (Å²) in [5.41, 5.74) is -0.293. The maximum atomic E-state index is 12.5. The van der Waals surface area contributed by atoms with E-state index in [1.807, 2.05) is 27.7 Å². The Morgan fingerprint density at radius 1 is 1.11 bits per heavy atom. The van der Waals surface area contributed by atoms with E-state index in [2.05, 4.69) is 15.5 Å². The van der Waals surface area contributed by atoms with Crippen LogP contribution in [0.1, 0.15) is 33.3 Å². The van der Waals surface area contributed by atoms with E-state index in [1.165, 1.54) is 9.36 Å². The van der Waals surface area contributed by atoms with Gasteiger partial charge in [-0.2, -0.15) is 14.5 Å². The average molecular weight is 411 g/mol. The first-order valence-corrected chi connectivity index (χ1v) is 9.17. The summed E-state index contributed by atoms with van der Waals surface area (Å²) in [6.07, 6.45) is 1.65. The molecule has 0 amide bonds. The minimum absolute atomic E-state index is 0.0802. The molecule has 3 aromatic rings. The second kappa shape index (κ2) is 7.36. The van der Waals surface area contributed by atoms with Gasteiger partial charge in [0.2, 0.25) is 5.88 Å². The van der Waals surface area contributed by atoms with E-state index in [0.717, 1.165) is 0 Å². The molecule has 0 fully saturated rings. The minimum atomic E-state index is -0.480. The number of aryl methyl sites for hydroxylation is 1. The molecule has 144 valence electrons. The number of benzene rings is 1. The second-order valence-corrected chi connectivity index (χ2v) is 7.71. The van der Waals surface area contributed by atoms with Crippen LogP contribution in [0.15, 0.2) is 29.2 Å². The number of nitrogens with zero attached hydrogens (tertiary/aromatic N) is 6. The fraction of sp³-hybridized carbons (Fsp3) is 0.412. The molecule has 0 saturated heterocycles. The quantitative estimate of drug-likeness (QED) is 0.642. The van der Waals surface area contributed by atoms with Gasteiger partial charge in [-0.3, -0.25) is 0 Å². The molecule has 0 aliphatic carbocycles. The van der Waals surface area contributed by atoms with E-state index < -0.39 is 5.54 Å². The number of aromatic nitrogens is 6. The molecule has 0 aliphatic heterocycles. The van der Waals surface area contributed by atoms with E-state index in [1.54, 1.807) is 29.1 Å². The van der Waals surface area contributed by atoms with Gasteiger partial charge in [-0.25, -0.2) is 9.48 Å². The van der Waals surface area contributed by atoms with Gasteiger partial charge in [0.15, 0.2) is 0 Å². The summed E-state index contributed by atoms with van der Waals surface area (Å²) in [5, 5.41) is 12.8. The van der Waals surface area contributed by atoms with Crippen molar-refractivity contribution < 1.29 is 4.74 Å². The Balaban J connectivity index is 1.95. The summed E-state index contributed by atoms with van der Waals surface area (Å²) >= 11 is 12.8. The third-order valence-electron chi connectivity index (χ3n) is 3.92. The topological polar surface area (TPSA) is 79.8 Å². The Bertz CT molecular complexity index is 1020. The van der Waals surface area contributed by atoms with Crippen LogP contribution in [0.2, 0.25) is 10.0 Å². The first kappa shape index (κ1) is 19.4. The van der Waals surface area contributed by atoms with Crippen molar-refractivity contribution >= 4 is 23.2 Å². The number of ether oxygens (including phenoxy) is 1. The van der Waals surface area contributed by atoms with Crippen LogP contribution in [0.4, 0.5) is 0 Å². The van der Waals surface area contributed by atoms with Crippen molar-refractivity contribution in [2.24, 2.45) is 0 Å². The molecule has 3 rings (SSSR count). The molecule has 2 heterocycles. The monoisotopic (exact) mass is 410 g/mol. The summed E-state index contributed by atoms with van der Waals surface area (Å²) in [4.78, 5) is 12.5. The fourth-order valence-electron chi connectivity index (χ4n) is 2.50. The summed E-state index contributed by atoms with van der Waals surface area (Å²) < 4.78 is 10.1. The molecule has 0 radical (unpaired) electrons. The molecule has 10 heteroatoms. The van der Waals surface area contributed by atoms with Crippen LogP contribution >= 0.6 is 23.2 Å². The number of tetrazole rings is 1. The van der Waals surface area contributed by atoms with Crippen molar-refractivity contribution in [1.29, 1.82) is 0 Å². The maximum Gasteiger partial charge on any atom is 0.364 e. The van der Waals surface area contributed by atoms with Crippen LogP contribution in [-0.2, 0) is 18.6 Å². The summed E-state index contributed by atoms with van der Waals surface area (Å²) in [5.74, 6) is 0.978. The molecule has 0 aliphatic rings. The first-order chi connectivity index (χ1) is 12.7. The standard InChI is InChI=1S/C17H20Cl2N6O2/c1-5-23-14(8-9-20-23)27-13-7-6-12(18)11(15(13)19)10-24-16(26)25(22-21-24)17(2,3)4/h6-9H,5,10H2,1-4H3. The van der Waals surface area contributed by atoms with E-state index in [-0.39, 0.29) is 12.2 Å². The molecule has 0 atom stereocenters. The molecule has 0 saturated carbocycles. The van der Waals surface area contributed by atoms with Crippen LogP contribution < -0.4 is 10.4 Å². The number of halogens is 2. The molecule has 1 aromatic carbocycles. The molecule has 2 aromatic heterocycles. The predicted molar refractivity (Wildman–Crippen MR) is 103 cm³/mol. The van der Waals surface area contributed by atoms with Gasteiger partial charge in [-0.1, -0.05) is 23.2 Å². The van der Waals surface area contributed by atoms with E-state index >= 15 is 0 Å². The van der Waals surface area contributed by atoms with Crippen LogP contribution in [0, 0.1) is 0 Å². The number of hydrogen-bond donors (Lipinski definition) is 0. The van der Waals surface area contributed by atoms with Crippen molar-refractivity contribution in [2.45, 2.75) is 46.3 Å². The largest absolute Gasteiger partial charge is 0.438 e. The lowest BCUT2D eigenvalue weighted by Crippen LogP contribution is -2.36. The van der Waals surface area contributed by atoms with Crippen LogP contribution in [0.25, 0.3) is 0 Å². The number of rotatable bonds is 5. The Hall–Kier alpha value is -2.32. The van der Waals surface area contributed by atoms with Gasteiger partial charge in [0.05, 0.1) is 23.3 Å². The fourth-order valence-corrected chi connectivity index (χ4v) is 3.03. The maximum absolute atomic E-state index is 12.5. The second-order valence-electron chi connectivity index (χ2n) is 6.93. The lowest BCUT2D eigenvalue weighted by atomic mass is 10.1. The zero-order chi connectivity index (χ0) is 19.8. The van der Waals surface area contributed by atoms with Crippen LogP contribution in [-0.4, -0.2) is 29.6 Å². The Morgan fingerprint density at radius 2 is 1.85 bits per heavy atom. The van der Waals surface area contributed by atoms with E-state index in [0.29, 0.717) is 33.8 Å². The van der Waals surface area contributed by atoms with E-state index in [4.69, 9.17) is 27.9 Å². The lowest BCUT2D eigenvalue weighted by molar-refractivity contribution is 0.336. The summed E-state index contributed by atoms with van der Waals surface area (Å²) in [6, 6.07) is 5.09. The third-order valence-corrected chi connectivity index (χ3v) is 4.69. The van der Waals surface area contributed by atoms with Crippen molar-refractivity contribution in [1.82, 2.24) is 29.6 Å². The van der Waals surface area contributed by atoms with Crippen molar-refractivity contribution in [3.63, 3.8) is 0 Å². The van der Waals surface area contributed by atoms with Crippen LogP contribution in [0.3, 0.4) is 0 Å². The van der Waals surface area contributed by atoms with Gasteiger partial charge in [0.25, 0.3) is 0 Å². The van der Waals surface area contributed by atoms with Gasteiger partial charge < -0.3 is 4.74 Å². The highest BCUT2D eigenvalue weighted by atomic mass is 35.5. The zero-order valence-electron chi connectivity index (χ0n) is 15.5. The Labute approximate surface area is 166 Å². The summed E-state index contributed by atoms with van der Waals surface area (Å²) in [7, 11) is 0. The highest BCUT2D eigenvalue weighted by molar-refractivity contribution is 6.37. The zero-order valence-corrected chi connectivity index (χ0v) is 17.0. The Morgan fingerprint density at radius 3 is 2.48 bits per heavy atom. The molecule has 0 unspecified atom stereocenters. The molecule has 27 heavy (non-hydrogen) atoms. The molecule has 0 spiro atoms. The average Bonchev–Trinajstić information content (AvgIpc) is 3.20. The summed E-state index contributed by atoms with van der Waals surface area (Å²) in [6.45, 7) is 8.32. The normalized spacial score (nSPS) is 11.8. The number of hydrogen-bond acceptors (Lipinski definition) is 5. The van der Waals surface area contributed by atoms with Gasteiger partial charge in [0.1, 0.15) is 5.75 Å². The highest BCUT2D eigenvalue weighted by Gasteiger charge is 2.22. The first-order valence-electron chi connectivity index (χ1n) is 8.42. The van der Waals surface area contributed by atoms with E-state index in [9.17, 15) is 4.79 Å². The van der Waals surface area contributed by atoms with Gasteiger partial charge in [-0.05, 0) is 50.3 Å². The molecule has 0 bridgehead atoms. The van der Waals surface area contributed by atoms with Crippen molar-refractivity contribution in [3.8, 4) is 11.6 Å². The molecular weight excluding hydrogens is 391 g/mol. The van der Waals surface area contributed by atoms with Gasteiger partial charge in [-0.15, -0.1) is 0 Å². The molecule has 8 nitrogen and oxygen atoms in total. The van der Waals surface area contributed by atoms with Gasteiger partial charge in [0, 0.05) is 23.2 Å². The van der Waals surface area contributed by atoms with Gasteiger partial charge >= 0.3 is 5.69 Å². The SMILES string of the molecule is CCn1nccc1Oc1ccc(Cl)c(Cn2nnn(C(C)(C)C)c2=O)c1Cl. The van der Waals surface area contributed by atoms with Crippen molar-refractivity contribution in [2.75, 3.05) is 0 Å². The van der Waals surface area contributed by atoms with Crippen LogP contribution in [0.5, 0.6) is 11.6 Å². The Kier molecular flexibility index (Phi) is 5.30. The third kappa shape index (κ3) is 3.86. The molecule has 0 N–H and O–H groups in total. The van der Waals surface area contributed by atoms with Crippen molar-refractivity contribution in [3.05, 3.63) is 50.5 Å². The lowest BCUT2D eigenvalue weighted by Gasteiger charge is -2.16. The predicted octanol–water partition coefficient (Wildman–Crippen LogP) is 3.56.